The van der Waals surface area contributed by atoms with Gasteiger partial charge in [-0.3, -0.25) is 0 Å². The van der Waals surface area contributed by atoms with Gasteiger partial charge in [-0.25, -0.2) is 4.79 Å². The summed E-state index contributed by atoms with van der Waals surface area (Å²) in [4.78, 5) is 11.5. The normalized spacial score (nSPS) is 11.1. The molecule has 2 aromatic rings. The Morgan fingerprint density at radius 2 is 1.41 bits per heavy atom. The van der Waals surface area contributed by atoms with Gasteiger partial charge in [-0.05, 0) is 37.1 Å². The average Bonchev–Trinajstić information content (AvgIpc) is 2.48. The summed E-state index contributed by atoms with van der Waals surface area (Å²) in [6.45, 7) is 11.7. The smallest absolute Gasteiger partial charge is 0.338 e. The van der Waals surface area contributed by atoms with Crippen molar-refractivity contribution >= 4 is 5.97 Å². The Bertz CT molecular complexity index is 677. The Hall–Kier alpha value is -2.35. The molecule has 2 aromatic carbocycles. The van der Waals surface area contributed by atoms with Gasteiger partial charge in [0.25, 0.3) is 0 Å². The zero-order valence-corrected chi connectivity index (χ0v) is 13.6. The highest BCUT2D eigenvalue weighted by molar-refractivity contribution is 5.88. The number of hydrogen-bond acceptors (Lipinski definition) is 2. The topological polar surface area (TPSA) is 26.3 Å². The van der Waals surface area contributed by atoms with E-state index in [9.17, 15) is 4.79 Å². The van der Waals surface area contributed by atoms with Crippen LogP contribution in [0.15, 0.2) is 60.7 Å². The van der Waals surface area contributed by atoms with Crippen LogP contribution < -0.4 is 4.74 Å². The lowest BCUT2D eigenvalue weighted by Gasteiger charge is -2.26. The van der Waals surface area contributed by atoms with Crippen molar-refractivity contribution in [3.8, 4) is 5.75 Å². The monoisotopic (exact) mass is 294 g/mol. The second-order valence-electron chi connectivity index (χ2n) is 6.19. The molecule has 0 saturated heterocycles. The quantitative estimate of drug-likeness (QED) is 0.460. The van der Waals surface area contributed by atoms with Gasteiger partial charge in [0.05, 0.1) is 0 Å². The van der Waals surface area contributed by atoms with E-state index in [1.165, 1.54) is 16.7 Å². The third-order valence-corrected chi connectivity index (χ3v) is 3.91. The number of aryl methyl sites for hydroxylation is 1. The van der Waals surface area contributed by atoms with Crippen LogP contribution in [0.4, 0.5) is 0 Å². The molecule has 0 spiro atoms. The van der Waals surface area contributed by atoms with Gasteiger partial charge in [0.2, 0.25) is 0 Å². The minimum atomic E-state index is -0.398. The Labute approximate surface area is 132 Å². The van der Waals surface area contributed by atoms with Crippen LogP contribution in [0.1, 0.15) is 37.5 Å². The molecule has 22 heavy (non-hydrogen) atoms. The fourth-order valence-corrected chi connectivity index (χ4v) is 2.27. The van der Waals surface area contributed by atoms with Crippen LogP contribution in [-0.4, -0.2) is 5.97 Å². The number of esters is 1. The summed E-state index contributed by atoms with van der Waals surface area (Å²) in [5.74, 6) is 0.141. The van der Waals surface area contributed by atoms with E-state index < -0.39 is 5.97 Å². The number of rotatable bonds is 4. The molecule has 2 rings (SSSR count). The number of hydrogen-bond donors (Lipinski definition) is 0. The lowest BCUT2D eigenvalue weighted by Crippen LogP contribution is -2.18. The Kier molecular flexibility index (Phi) is 4.51. The SMILES string of the molecule is C=C(C)C(=O)Oc1ccc(C(C)(C)c2ccc(C)cc2)cc1. The molecule has 0 aromatic heterocycles. The maximum Gasteiger partial charge on any atom is 0.338 e. The van der Waals surface area contributed by atoms with Crippen molar-refractivity contribution in [1.82, 2.24) is 0 Å². The molecule has 2 nitrogen and oxygen atoms in total. The minimum absolute atomic E-state index is 0.107. The van der Waals surface area contributed by atoms with Crippen LogP contribution >= 0.6 is 0 Å². The largest absolute Gasteiger partial charge is 0.423 e. The number of carbonyl (C=O) groups is 1. The van der Waals surface area contributed by atoms with Crippen molar-refractivity contribution in [3.05, 3.63) is 77.4 Å². The van der Waals surface area contributed by atoms with Crippen molar-refractivity contribution in [2.24, 2.45) is 0 Å². The molecular formula is C20H22O2. The van der Waals surface area contributed by atoms with E-state index in [4.69, 9.17) is 4.74 Å². The minimum Gasteiger partial charge on any atom is -0.423 e. The summed E-state index contributed by atoms with van der Waals surface area (Å²) in [5, 5.41) is 0. The van der Waals surface area contributed by atoms with Crippen LogP contribution in [-0.2, 0) is 10.2 Å². The van der Waals surface area contributed by atoms with Gasteiger partial charge in [-0.2, -0.15) is 0 Å². The van der Waals surface area contributed by atoms with Gasteiger partial charge < -0.3 is 4.74 Å². The third-order valence-electron chi connectivity index (χ3n) is 3.91. The van der Waals surface area contributed by atoms with Crippen molar-refractivity contribution in [2.75, 3.05) is 0 Å². The Balaban J connectivity index is 2.23. The molecule has 0 atom stereocenters. The van der Waals surface area contributed by atoms with Crippen molar-refractivity contribution < 1.29 is 9.53 Å². The van der Waals surface area contributed by atoms with Crippen LogP contribution in [0.3, 0.4) is 0 Å². The van der Waals surface area contributed by atoms with Gasteiger partial charge in [0.15, 0.2) is 0 Å². The number of ether oxygens (including phenoxy) is 1. The van der Waals surface area contributed by atoms with E-state index in [1.54, 1.807) is 6.92 Å². The molecule has 0 fully saturated rings. The first-order chi connectivity index (χ1) is 10.3. The highest BCUT2D eigenvalue weighted by atomic mass is 16.5. The van der Waals surface area contributed by atoms with Crippen molar-refractivity contribution in [2.45, 2.75) is 33.1 Å². The zero-order chi connectivity index (χ0) is 16.3. The van der Waals surface area contributed by atoms with Crippen LogP contribution in [0.25, 0.3) is 0 Å². The first-order valence-corrected chi connectivity index (χ1v) is 7.36. The van der Waals surface area contributed by atoms with E-state index in [0.29, 0.717) is 11.3 Å². The summed E-state index contributed by atoms with van der Waals surface area (Å²) >= 11 is 0. The molecule has 0 heterocycles. The molecule has 0 bridgehead atoms. The second-order valence-corrected chi connectivity index (χ2v) is 6.19. The molecular weight excluding hydrogens is 272 g/mol. The molecule has 0 aliphatic heterocycles. The van der Waals surface area contributed by atoms with Gasteiger partial charge in [-0.1, -0.05) is 62.4 Å². The van der Waals surface area contributed by atoms with Gasteiger partial charge >= 0.3 is 5.97 Å². The standard InChI is InChI=1S/C20H22O2/c1-14(2)19(21)22-18-12-10-17(11-13-18)20(4,5)16-8-6-15(3)7-9-16/h6-13H,1H2,2-5H3. The second kappa shape index (κ2) is 6.18. The lowest BCUT2D eigenvalue weighted by atomic mass is 9.78. The van der Waals surface area contributed by atoms with Crippen LogP contribution in [0.2, 0.25) is 0 Å². The Morgan fingerprint density at radius 1 is 0.955 bits per heavy atom. The lowest BCUT2D eigenvalue weighted by molar-refractivity contribution is -0.130. The van der Waals surface area contributed by atoms with E-state index in [1.807, 2.05) is 24.3 Å². The van der Waals surface area contributed by atoms with E-state index in [-0.39, 0.29) is 5.41 Å². The van der Waals surface area contributed by atoms with E-state index in [0.717, 1.165) is 0 Å². The summed E-state index contributed by atoms with van der Waals surface area (Å²) in [6, 6.07) is 16.2. The molecule has 0 amide bonds. The zero-order valence-electron chi connectivity index (χ0n) is 13.6. The van der Waals surface area contributed by atoms with Crippen LogP contribution in [0.5, 0.6) is 5.75 Å². The van der Waals surface area contributed by atoms with E-state index in [2.05, 4.69) is 51.6 Å². The Morgan fingerprint density at radius 3 is 1.86 bits per heavy atom. The molecule has 0 unspecified atom stereocenters. The molecule has 0 aliphatic carbocycles. The number of benzene rings is 2. The van der Waals surface area contributed by atoms with E-state index >= 15 is 0 Å². The summed E-state index contributed by atoms with van der Waals surface area (Å²) in [7, 11) is 0. The summed E-state index contributed by atoms with van der Waals surface area (Å²) < 4.78 is 5.23. The first kappa shape index (κ1) is 16.0. The van der Waals surface area contributed by atoms with Gasteiger partial charge in [0, 0.05) is 11.0 Å². The summed E-state index contributed by atoms with van der Waals surface area (Å²) in [5.41, 5.74) is 3.96. The highest BCUT2D eigenvalue weighted by Gasteiger charge is 2.23. The maximum absolute atomic E-state index is 11.5. The third kappa shape index (κ3) is 3.45. The summed E-state index contributed by atoms with van der Waals surface area (Å²) in [6.07, 6.45) is 0. The molecule has 0 saturated carbocycles. The molecule has 0 radical (unpaired) electrons. The van der Waals surface area contributed by atoms with Crippen LogP contribution in [0, 0.1) is 6.92 Å². The molecule has 2 heteroatoms. The predicted molar refractivity (Wildman–Crippen MR) is 90.2 cm³/mol. The average molecular weight is 294 g/mol. The van der Waals surface area contributed by atoms with Crippen molar-refractivity contribution in [1.29, 1.82) is 0 Å². The predicted octanol–water partition coefficient (Wildman–Crippen LogP) is 4.80. The molecule has 114 valence electrons. The van der Waals surface area contributed by atoms with Crippen molar-refractivity contribution in [3.63, 3.8) is 0 Å². The van der Waals surface area contributed by atoms with Gasteiger partial charge in [0.1, 0.15) is 5.75 Å². The molecule has 0 aliphatic rings. The molecule has 0 N–H and O–H groups in total. The fourth-order valence-electron chi connectivity index (χ4n) is 2.27. The van der Waals surface area contributed by atoms with Gasteiger partial charge in [-0.15, -0.1) is 0 Å². The first-order valence-electron chi connectivity index (χ1n) is 7.36. The number of carbonyl (C=O) groups excluding carboxylic acids is 1. The fraction of sp³-hybridized carbons (Fsp3) is 0.250. The highest BCUT2D eigenvalue weighted by Crippen LogP contribution is 2.32. The maximum atomic E-state index is 11.5.